The first-order valence-corrected chi connectivity index (χ1v) is 20.3. The molecule has 0 aliphatic rings. The van der Waals surface area contributed by atoms with E-state index in [1.54, 1.807) is 6.08 Å². The largest absolute Gasteiger partial charge is 0.436 e. The number of nitrogens with zero attached hydrogens (tertiary/aromatic N) is 4. The average Bonchev–Trinajstić information content (AvgIpc) is 3.93. The van der Waals surface area contributed by atoms with Crippen molar-refractivity contribution in [1.29, 1.82) is 0 Å². The number of hydrogen-bond acceptors (Lipinski definition) is 6. The third-order valence-electron chi connectivity index (χ3n) is 10.6. The number of oxazole rings is 1. The summed E-state index contributed by atoms with van der Waals surface area (Å²) in [5.41, 5.74) is 12.0. The third-order valence-corrected chi connectivity index (χ3v) is 11.9. The fourth-order valence-corrected chi connectivity index (χ4v) is 9.02. The summed E-state index contributed by atoms with van der Waals surface area (Å²) in [4.78, 5) is 19.9. The first kappa shape index (κ1) is 35.8. The Kier molecular flexibility index (Phi) is 9.37. The van der Waals surface area contributed by atoms with Gasteiger partial charge in [0.15, 0.2) is 23.1 Å². The standard InChI is InChI=1S/C53H36N4OS/c1-3-4-23-40(35-17-8-5-9-18-35)34(2)53-54-47-42(25-16-29-46(47)58-53)43-26-15-28-45-44-27-14-24-41(48(44)59-49(43)45)36-30-32-39(33-31-36)52-56-50(37-19-10-6-11-20-37)55-51(57-52)38-21-12-7-13-22-38/h3-33H,1H2,2H3/b23-4-,40-34-. The maximum atomic E-state index is 6.48. The minimum atomic E-state index is 0.596. The number of benzene rings is 7. The number of rotatable bonds is 9. The zero-order valence-corrected chi connectivity index (χ0v) is 33.0. The molecule has 3 heterocycles. The predicted molar refractivity (Wildman–Crippen MR) is 246 cm³/mol. The molecule has 0 radical (unpaired) electrons. The van der Waals surface area contributed by atoms with Crippen LogP contribution in [0.4, 0.5) is 0 Å². The van der Waals surface area contributed by atoms with Crippen molar-refractivity contribution in [2.45, 2.75) is 6.92 Å². The van der Waals surface area contributed by atoms with E-state index in [9.17, 15) is 0 Å². The van der Waals surface area contributed by atoms with Crippen LogP contribution in [0.15, 0.2) is 199 Å². The molecule has 0 N–H and O–H groups in total. The van der Waals surface area contributed by atoms with E-state index >= 15 is 0 Å². The molecule has 280 valence electrons. The van der Waals surface area contributed by atoms with Gasteiger partial charge >= 0.3 is 0 Å². The molecule has 0 aliphatic carbocycles. The van der Waals surface area contributed by atoms with Crippen LogP contribution in [0.1, 0.15) is 18.4 Å². The minimum Gasteiger partial charge on any atom is -0.436 e. The lowest BCUT2D eigenvalue weighted by Crippen LogP contribution is -2.00. The number of fused-ring (bicyclic) bond motifs is 4. The molecule has 3 aromatic heterocycles. The number of thiophene rings is 1. The summed E-state index contributed by atoms with van der Waals surface area (Å²) in [6.45, 7) is 5.95. The Bertz CT molecular complexity index is 3160. The second kappa shape index (κ2) is 15.4. The van der Waals surface area contributed by atoms with Crippen molar-refractivity contribution in [3.63, 3.8) is 0 Å². The summed E-state index contributed by atoms with van der Waals surface area (Å²) in [5.74, 6) is 2.52. The second-order valence-corrected chi connectivity index (χ2v) is 15.3. The Morgan fingerprint density at radius 3 is 1.63 bits per heavy atom. The van der Waals surface area contributed by atoms with Crippen LogP contribution in [-0.4, -0.2) is 19.9 Å². The van der Waals surface area contributed by atoms with Crippen LogP contribution in [-0.2, 0) is 0 Å². The molecule has 59 heavy (non-hydrogen) atoms. The molecule has 0 saturated carbocycles. The van der Waals surface area contributed by atoms with Gasteiger partial charge in [-0.1, -0.05) is 189 Å². The molecule has 0 unspecified atom stereocenters. The van der Waals surface area contributed by atoms with Crippen molar-refractivity contribution >= 4 is 53.8 Å². The fraction of sp³-hybridized carbons (Fsp3) is 0.0189. The number of para-hydroxylation sites is 1. The van der Waals surface area contributed by atoms with E-state index in [4.69, 9.17) is 24.4 Å². The first-order valence-electron chi connectivity index (χ1n) is 19.5. The quantitative estimate of drug-likeness (QED) is 0.137. The Morgan fingerprint density at radius 2 is 1.02 bits per heavy atom. The highest BCUT2D eigenvalue weighted by Gasteiger charge is 2.19. The normalized spacial score (nSPS) is 12.1. The van der Waals surface area contributed by atoms with Crippen molar-refractivity contribution < 1.29 is 4.42 Å². The van der Waals surface area contributed by atoms with Crippen molar-refractivity contribution in [3.05, 3.63) is 206 Å². The average molecular weight is 777 g/mol. The molecular weight excluding hydrogens is 741 g/mol. The lowest BCUT2D eigenvalue weighted by atomic mass is 9.99. The van der Waals surface area contributed by atoms with Gasteiger partial charge in [-0.25, -0.2) is 19.9 Å². The molecule has 10 aromatic rings. The number of allylic oxidation sites excluding steroid dienone is 5. The monoisotopic (exact) mass is 776 g/mol. The Hall–Kier alpha value is -7.54. The molecule has 5 nitrogen and oxygen atoms in total. The summed E-state index contributed by atoms with van der Waals surface area (Å²) in [6, 6.07) is 58.4. The van der Waals surface area contributed by atoms with Gasteiger partial charge in [-0.05, 0) is 35.3 Å². The predicted octanol–water partition coefficient (Wildman–Crippen LogP) is 14.4. The Balaban J connectivity index is 1.05. The highest BCUT2D eigenvalue weighted by atomic mass is 32.1. The number of aromatic nitrogens is 4. The van der Waals surface area contributed by atoms with Crippen LogP contribution in [0, 0.1) is 0 Å². The third kappa shape index (κ3) is 6.75. The van der Waals surface area contributed by atoms with Gasteiger partial charge in [-0.15, -0.1) is 11.3 Å². The molecule has 0 fully saturated rings. The van der Waals surface area contributed by atoms with Gasteiger partial charge in [-0.3, -0.25) is 0 Å². The molecule has 0 amide bonds. The lowest BCUT2D eigenvalue weighted by Gasteiger charge is -2.09. The highest BCUT2D eigenvalue weighted by Crippen LogP contribution is 2.45. The van der Waals surface area contributed by atoms with Crippen LogP contribution in [0.2, 0.25) is 0 Å². The summed E-state index contributed by atoms with van der Waals surface area (Å²) >= 11 is 1.82. The van der Waals surface area contributed by atoms with Gasteiger partial charge in [0.25, 0.3) is 0 Å². The molecule has 0 saturated heterocycles. The van der Waals surface area contributed by atoms with E-state index in [2.05, 4.69) is 105 Å². The van der Waals surface area contributed by atoms with Crippen LogP contribution < -0.4 is 0 Å². The zero-order chi connectivity index (χ0) is 39.7. The number of hydrogen-bond donors (Lipinski definition) is 0. The Morgan fingerprint density at radius 1 is 0.508 bits per heavy atom. The van der Waals surface area contributed by atoms with E-state index in [1.165, 1.54) is 25.7 Å². The molecule has 0 bridgehead atoms. The minimum absolute atomic E-state index is 0.596. The molecule has 10 rings (SSSR count). The summed E-state index contributed by atoms with van der Waals surface area (Å²) < 4.78 is 8.92. The SMILES string of the molecule is C=C/C=C\C(=C(/C)c1nc2c(-c3cccc4c3sc3c(-c5ccc(-c6nc(-c7ccccc7)nc(-c7ccccc7)n6)cc5)cccc34)cccc2o1)c1ccccc1. The van der Waals surface area contributed by atoms with E-state index in [1.807, 2.05) is 102 Å². The zero-order valence-electron chi connectivity index (χ0n) is 32.2. The van der Waals surface area contributed by atoms with Crippen LogP contribution >= 0.6 is 11.3 Å². The van der Waals surface area contributed by atoms with E-state index in [0.29, 0.717) is 23.4 Å². The van der Waals surface area contributed by atoms with Crippen molar-refractivity contribution in [3.8, 4) is 56.4 Å². The van der Waals surface area contributed by atoms with Crippen LogP contribution in [0.5, 0.6) is 0 Å². The van der Waals surface area contributed by atoms with Crippen molar-refractivity contribution in [1.82, 2.24) is 19.9 Å². The maximum Gasteiger partial charge on any atom is 0.223 e. The van der Waals surface area contributed by atoms with Gasteiger partial charge in [0.2, 0.25) is 5.89 Å². The molecule has 7 aromatic carbocycles. The Labute approximate surface area is 346 Å². The molecule has 0 spiro atoms. The van der Waals surface area contributed by atoms with Gasteiger partial charge in [-0.2, -0.15) is 0 Å². The van der Waals surface area contributed by atoms with Crippen LogP contribution in [0.3, 0.4) is 0 Å². The van der Waals surface area contributed by atoms with Crippen molar-refractivity contribution in [2.24, 2.45) is 0 Å². The maximum absolute atomic E-state index is 6.48. The highest BCUT2D eigenvalue weighted by molar-refractivity contribution is 7.26. The van der Waals surface area contributed by atoms with E-state index in [0.717, 1.165) is 61.2 Å². The lowest BCUT2D eigenvalue weighted by molar-refractivity contribution is 0.584. The summed E-state index contributed by atoms with van der Waals surface area (Å²) in [6.07, 6.45) is 5.79. The molecule has 6 heteroatoms. The van der Waals surface area contributed by atoms with E-state index < -0.39 is 0 Å². The smallest absolute Gasteiger partial charge is 0.223 e. The van der Waals surface area contributed by atoms with Crippen molar-refractivity contribution in [2.75, 3.05) is 0 Å². The second-order valence-electron chi connectivity index (χ2n) is 14.3. The fourth-order valence-electron chi connectivity index (χ4n) is 7.66. The molecular formula is C53H36N4OS. The summed E-state index contributed by atoms with van der Waals surface area (Å²) in [5, 5.41) is 2.44. The first-order chi connectivity index (χ1) is 29.1. The molecule has 0 aliphatic heterocycles. The molecule has 0 atom stereocenters. The van der Waals surface area contributed by atoms with E-state index in [-0.39, 0.29) is 0 Å². The van der Waals surface area contributed by atoms with Gasteiger partial charge in [0.05, 0.1) is 0 Å². The van der Waals surface area contributed by atoms with Gasteiger partial charge in [0.1, 0.15) is 5.52 Å². The topological polar surface area (TPSA) is 64.7 Å². The van der Waals surface area contributed by atoms with Crippen LogP contribution in [0.25, 0.3) is 98.8 Å². The summed E-state index contributed by atoms with van der Waals surface area (Å²) in [7, 11) is 0. The van der Waals surface area contributed by atoms with Gasteiger partial charge < -0.3 is 4.42 Å². The van der Waals surface area contributed by atoms with Gasteiger partial charge in [0, 0.05) is 53.6 Å².